The number of rotatable bonds is 7. The summed E-state index contributed by atoms with van der Waals surface area (Å²) in [5.74, 6) is 0.0388. The van der Waals surface area contributed by atoms with Crippen molar-refractivity contribution in [2.24, 2.45) is 0 Å². The molecule has 22 heavy (non-hydrogen) atoms. The molecule has 2 N–H and O–H groups in total. The van der Waals surface area contributed by atoms with E-state index in [-0.39, 0.29) is 12.5 Å². The molecule has 0 aliphatic heterocycles. The van der Waals surface area contributed by atoms with Crippen molar-refractivity contribution in [1.29, 1.82) is 0 Å². The Kier molecular flexibility index (Phi) is 6.24. The topological polar surface area (TPSA) is 58.6 Å². The number of benzene rings is 1. The molecule has 1 aliphatic rings. The largest absolute Gasteiger partial charge is 0.391 e. The average Bonchev–Trinajstić information content (AvgIpc) is 2.98. The number of halogens is 1. The molecule has 0 aromatic heterocycles. The minimum atomic E-state index is -0.545. The van der Waals surface area contributed by atoms with Crippen LogP contribution < -0.4 is 5.32 Å². The Hall–Kier alpha value is -1.10. The summed E-state index contributed by atoms with van der Waals surface area (Å²) in [5, 5.41) is 13.3. The molecule has 4 nitrogen and oxygen atoms in total. The lowest BCUT2D eigenvalue weighted by atomic mass is 9.78. The van der Waals surface area contributed by atoms with E-state index in [1.807, 2.05) is 24.3 Å². The summed E-state index contributed by atoms with van der Waals surface area (Å²) in [5.41, 5.74) is 0.518. The quantitative estimate of drug-likeness (QED) is 0.810. The highest BCUT2D eigenvalue weighted by molar-refractivity contribution is 6.30. The minimum Gasteiger partial charge on any atom is -0.391 e. The van der Waals surface area contributed by atoms with Crippen LogP contribution in [0.15, 0.2) is 24.3 Å². The van der Waals surface area contributed by atoms with Crippen LogP contribution in [0.1, 0.15) is 37.7 Å². The van der Waals surface area contributed by atoms with Crippen LogP contribution >= 0.6 is 11.6 Å². The van der Waals surface area contributed by atoms with Crippen LogP contribution in [-0.2, 0) is 14.9 Å². The second-order valence-corrected chi connectivity index (χ2v) is 6.39. The standard InChI is InChI=1S/C17H24ClNO3/c1-22-12-15(20)7-10-19-16(21)17(8-2-3-9-17)13-5-4-6-14(18)11-13/h4-6,11,15,20H,2-3,7-10,12H2,1H3,(H,19,21). The first-order valence-corrected chi connectivity index (χ1v) is 8.17. The summed E-state index contributed by atoms with van der Waals surface area (Å²) in [6.07, 6.45) is 3.74. The molecular weight excluding hydrogens is 302 g/mol. The number of nitrogens with one attached hydrogen (secondary N) is 1. The van der Waals surface area contributed by atoms with Crippen molar-refractivity contribution in [2.75, 3.05) is 20.3 Å². The predicted molar refractivity (Wildman–Crippen MR) is 87.1 cm³/mol. The summed E-state index contributed by atoms with van der Waals surface area (Å²) >= 11 is 6.09. The molecule has 0 bridgehead atoms. The maximum absolute atomic E-state index is 12.8. The van der Waals surface area contributed by atoms with Crippen molar-refractivity contribution in [3.8, 4) is 0 Å². The molecule has 1 atom stereocenters. The van der Waals surface area contributed by atoms with Crippen molar-refractivity contribution < 1.29 is 14.6 Å². The molecule has 5 heteroatoms. The number of hydrogen-bond acceptors (Lipinski definition) is 3. The van der Waals surface area contributed by atoms with E-state index < -0.39 is 11.5 Å². The van der Waals surface area contributed by atoms with E-state index in [9.17, 15) is 9.90 Å². The zero-order valence-electron chi connectivity index (χ0n) is 13.0. The van der Waals surface area contributed by atoms with Gasteiger partial charge in [0, 0.05) is 18.7 Å². The lowest BCUT2D eigenvalue weighted by Crippen LogP contribution is -2.43. The molecule has 2 rings (SSSR count). The monoisotopic (exact) mass is 325 g/mol. The Balaban J connectivity index is 2.03. The van der Waals surface area contributed by atoms with Crippen molar-refractivity contribution in [2.45, 2.75) is 43.6 Å². The molecule has 1 aliphatic carbocycles. The number of aliphatic hydroxyl groups excluding tert-OH is 1. The molecule has 122 valence electrons. The number of carbonyl (C=O) groups is 1. The van der Waals surface area contributed by atoms with Gasteiger partial charge >= 0.3 is 0 Å². The smallest absolute Gasteiger partial charge is 0.230 e. The number of methoxy groups -OCH3 is 1. The summed E-state index contributed by atoms with van der Waals surface area (Å²) in [6, 6.07) is 7.60. The number of carbonyl (C=O) groups excluding carboxylic acids is 1. The van der Waals surface area contributed by atoms with Crippen LogP contribution in [0.25, 0.3) is 0 Å². The predicted octanol–water partition coefficient (Wildman–Crippen LogP) is 2.67. The average molecular weight is 326 g/mol. The molecular formula is C17H24ClNO3. The van der Waals surface area contributed by atoms with Gasteiger partial charge in [-0.1, -0.05) is 36.6 Å². The van der Waals surface area contributed by atoms with E-state index in [4.69, 9.17) is 16.3 Å². The van der Waals surface area contributed by atoms with E-state index >= 15 is 0 Å². The number of aliphatic hydroxyl groups is 1. The van der Waals surface area contributed by atoms with Crippen molar-refractivity contribution in [1.82, 2.24) is 5.32 Å². The van der Waals surface area contributed by atoms with Gasteiger partial charge in [0.2, 0.25) is 5.91 Å². The maximum Gasteiger partial charge on any atom is 0.230 e. The third-order valence-electron chi connectivity index (χ3n) is 4.39. The first-order valence-electron chi connectivity index (χ1n) is 7.80. The third kappa shape index (κ3) is 4.00. The summed E-state index contributed by atoms with van der Waals surface area (Å²) in [4.78, 5) is 12.8. The van der Waals surface area contributed by atoms with Crippen LogP contribution in [-0.4, -0.2) is 37.4 Å². The normalized spacial score (nSPS) is 18.1. The van der Waals surface area contributed by atoms with Gasteiger partial charge in [-0.15, -0.1) is 0 Å². The lowest BCUT2D eigenvalue weighted by molar-refractivity contribution is -0.126. The Labute approximate surface area is 136 Å². The molecule has 0 saturated heterocycles. The van der Waals surface area contributed by atoms with Gasteiger partial charge in [-0.3, -0.25) is 4.79 Å². The molecule has 1 amide bonds. The zero-order valence-corrected chi connectivity index (χ0v) is 13.7. The lowest BCUT2D eigenvalue weighted by Gasteiger charge is -2.28. The van der Waals surface area contributed by atoms with Crippen LogP contribution in [0.2, 0.25) is 5.02 Å². The molecule has 1 aromatic rings. The van der Waals surface area contributed by atoms with Gasteiger partial charge in [0.1, 0.15) is 0 Å². The van der Waals surface area contributed by atoms with E-state index in [2.05, 4.69) is 5.32 Å². The highest BCUT2D eigenvalue weighted by Crippen LogP contribution is 2.42. The third-order valence-corrected chi connectivity index (χ3v) is 4.63. The number of amides is 1. The summed E-state index contributed by atoms with van der Waals surface area (Å²) in [7, 11) is 1.55. The van der Waals surface area contributed by atoms with E-state index in [1.54, 1.807) is 7.11 Å². The molecule has 0 radical (unpaired) electrons. The van der Waals surface area contributed by atoms with Crippen molar-refractivity contribution in [3.05, 3.63) is 34.9 Å². The van der Waals surface area contributed by atoms with Crippen LogP contribution in [0.4, 0.5) is 0 Å². The second kappa shape index (κ2) is 7.95. The molecule has 0 heterocycles. The minimum absolute atomic E-state index is 0.0388. The van der Waals surface area contributed by atoms with Crippen LogP contribution in [0.3, 0.4) is 0 Å². The molecule has 0 spiro atoms. The fourth-order valence-corrected chi connectivity index (χ4v) is 3.40. The van der Waals surface area contributed by atoms with Crippen molar-refractivity contribution >= 4 is 17.5 Å². The van der Waals surface area contributed by atoms with Gasteiger partial charge in [0.25, 0.3) is 0 Å². The molecule has 1 fully saturated rings. The van der Waals surface area contributed by atoms with E-state index in [0.29, 0.717) is 18.0 Å². The first-order chi connectivity index (χ1) is 10.6. The Morgan fingerprint density at radius 3 is 2.82 bits per heavy atom. The van der Waals surface area contributed by atoms with Gasteiger partial charge in [-0.25, -0.2) is 0 Å². The highest BCUT2D eigenvalue weighted by Gasteiger charge is 2.42. The fourth-order valence-electron chi connectivity index (χ4n) is 3.21. The summed E-state index contributed by atoms with van der Waals surface area (Å²) in [6.45, 7) is 0.737. The Bertz CT molecular complexity index is 500. The SMILES string of the molecule is COCC(O)CCNC(=O)C1(c2cccc(Cl)c2)CCCC1. The van der Waals surface area contributed by atoms with E-state index in [1.165, 1.54) is 0 Å². The first kappa shape index (κ1) is 17.3. The molecule has 1 unspecified atom stereocenters. The van der Waals surface area contributed by atoms with Gasteiger partial charge in [0.15, 0.2) is 0 Å². The number of ether oxygens (including phenoxy) is 1. The summed E-state index contributed by atoms with van der Waals surface area (Å²) < 4.78 is 4.89. The highest BCUT2D eigenvalue weighted by atomic mass is 35.5. The second-order valence-electron chi connectivity index (χ2n) is 5.95. The fraction of sp³-hybridized carbons (Fsp3) is 0.588. The zero-order chi connectivity index (χ0) is 16.0. The maximum atomic E-state index is 12.8. The number of hydrogen-bond donors (Lipinski definition) is 2. The van der Waals surface area contributed by atoms with Crippen molar-refractivity contribution in [3.63, 3.8) is 0 Å². The van der Waals surface area contributed by atoms with Crippen LogP contribution in [0, 0.1) is 0 Å². The van der Waals surface area contributed by atoms with Crippen LogP contribution in [0.5, 0.6) is 0 Å². The Morgan fingerprint density at radius 2 is 2.18 bits per heavy atom. The molecule has 1 aromatic carbocycles. The van der Waals surface area contributed by atoms with Gasteiger partial charge in [-0.2, -0.15) is 0 Å². The van der Waals surface area contributed by atoms with Gasteiger partial charge in [-0.05, 0) is 37.0 Å². The Morgan fingerprint density at radius 1 is 1.45 bits per heavy atom. The molecule has 1 saturated carbocycles. The van der Waals surface area contributed by atoms with Gasteiger partial charge in [0.05, 0.1) is 18.1 Å². The van der Waals surface area contributed by atoms with Gasteiger partial charge < -0.3 is 15.2 Å². The van der Waals surface area contributed by atoms with E-state index in [0.717, 1.165) is 31.2 Å².